The van der Waals surface area contributed by atoms with Crippen LogP contribution in [0.1, 0.15) is 15.9 Å². The highest BCUT2D eigenvalue weighted by Crippen LogP contribution is 2.30. The van der Waals surface area contributed by atoms with E-state index in [1.54, 1.807) is 11.1 Å². The number of benzene rings is 1. The molecule has 2 heterocycles. The van der Waals surface area contributed by atoms with Crippen molar-refractivity contribution in [1.29, 1.82) is 0 Å². The van der Waals surface area contributed by atoms with E-state index in [1.807, 2.05) is 4.90 Å². The van der Waals surface area contributed by atoms with Gasteiger partial charge in [-0.25, -0.2) is 0 Å². The average molecular weight is 324 g/mol. The van der Waals surface area contributed by atoms with Crippen LogP contribution in [0.4, 0.5) is 18.9 Å². The quantitative estimate of drug-likeness (QED) is 0.923. The van der Waals surface area contributed by atoms with E-state index in [4.69, 9.17) is 0 Å². The number of nitrogens with zero attached hydrogens (tertiary/aromatic N) is 3. The molecule has 3 rings (SSSR count). The number of piperazine rings is 1. The first-order valence-corrected chi connectivity index (χ1v) is 7.15. The fourth-order valence-electron chi connectivity index (χ4n) is 2.58. The minimum absolute atomic E-state index is 0.0918. The topological polar surface area (TPSA) is 52.2 Å². The zero-order valence-corrected chi connectivity index (χ0v) is 12.2. The number of rotatable bonds is 2. The second-order valence-electron chi connectivity index (χ2n) is 5.31. The third kappa shape index (κ3) is 3.30. The second-order valence-corrected chi connectivity index (χ2v) is 5.31. The minimum Gasteiger partial charge on any atom is -0.368 e. The Kier molecular flexibility index (Phi) is 3.97. The zero-order chi connectivity index (χ0) is 16.4. The van der Waals surface area contributed by atoms with Crippen LogP contribution in [0.25, 0.3) is 0 Å². The van der Waals surface area contributed by atoms with Crippen LogP contribution in [0.2, 0.25) is 0 Å². The van der Waals surface area contributed by atoms with Crippen LogP contribution in [0, 0.1) is 0 Å². The number of aromatic amines is 1. The van der Waals surface area contributed by atoms with Gasteiger partial charge in [-0.3, -0.25) is 9.89 Å². The normalized spacial score (nSPS) is 15.8. The number of alkyl halides is 3. The lowest BCUT2D eigenvalue weighted by molar-refractivity contribution is -0.137. The van der Waals surface area contributed by atoms with Crippen molar-refractivity contribution in [2.24, 2.45) is 0 Å². The molecule has 0 bridgehead atoms. The Labute approximate surface area is 130 Å². The number of aromatic nitrogens is 2. The smallest absolute Gasteiger partial charge is 0.368 e. The molecule has 1 aromatic heterocycles. The lowest BCUT2D eigenvalue weighted by atomic mass is 10.1. The molecule has 1 aromatic carbocycles. The highest BCUT2D eigenvalue weighted by atomic mass is 19.4. The molecule has 0 radical (unpaired) electrons. The zero-order valence-electron chi connectivity index (χ0n) is 12.2. The van der Waals surface area contributed by atoms with Crippen LogP contribution in [0.3, 0.4) is 0 Å². The van der Waals surface area contributed by atoms with Crippen LogP contribution in [0.15, 0.2) is 36.7 Å². The fraction of sp³-hybridized carbons (Fsp3) is 0.333. The van der Waals surface area contributed by atoms with Crippen molar-refractivity contribution < 1.29 is 18.0 Å². The van der Waals surface area contributed by atoms with Crippen LogP contribution < -0.4 is 4.90 Å². The molecule has 1 fully saturated rings. The van der Waals surface area contributed by atoms with Gasteiger partial charge in [-0.05, 0) is 24.3 Å². The summed E-state index contributed by atoms with van der Waals surface area (Å²) in [6, 6.07) is 5.10. The van der Waals surface area contributed by atoms with Crippen LogP contribution >= 0.6 is 0 Å². The predicted octanol–water partition coefficient (Wildman–Crippen LogP) is 2.39. The van der Waals surface area contributed by atoms with Gasteiger partial charge in [-0.1, -0.05) is 0 Å². The maximum absolute atomic E-state index is 12.6. The van der Waals surface area contributed by atoms with Crippen molar-refractivity contribution in [3.8, 4) is 0 Å². The Bertz CT molecular complexity index is 659. The third-order valence-electron chi connectivity index (χ3n) is 3.87. The van der Waals surface area contributed by atoms with Gasteiger partial charge < -0.3 is 9.80 Å². The van der Waals surface area contributed by atoms with Crippen molar-refractivity contribution in [3.05, 3.63) is 47.8 Å². The second kappa shape index (κ2) is 5.94. The number of anilines is 1. The summed E-state index contributed by atoms with van der Waals surface area (Å²) in [5, 5.41) is 6.36. The molecule has 2 aromatic rings. The summed E-state index contributed by atoms with van der Waals surface area (Å²) in [4.78, 5) is 15.9. The maximum atomic E-state index is 12.6. The Balaban J connectivity index is 1.62. The molecule has 122 valence electrons. The van der Waals surface area contributed by atoms with Crippen LogP contribution in [0.5, 0.6) is 0 Å². The molecule has 23 heavy (non-hydrogen) atoms. The monoisotopic (exact) mass is 324 g/mol. The number of carbonyl (C=O) groups excluding carboxylic acids is 1. The van der Waals surface area contributed by atoms with Crippen molar-refractivity contribution in [3.63, 3.8) is 0 Å². The summed E-state index contributed by atoms with van der Waals surface area (Å²) in [5.41, 5.74) is 0.580. The highest BCUT2D eigenvalue weighted by Gasteiger charge is 2.30. The van der Waals surface area contributed by atoms with E-state index in [9.17, 15) is 18.0 Å². The minimum atomic E-state index is -4.33. The molecule has 0 spiro atoms. The Morgan fingerprint density at radius 2 is 1.74 bits per heavy atom. The van der Waals surface area contributed by atoms with E-state index in [0.717, 1.165) is 17.8 Å². The molecular weight excluding hydrogens is 309 g/mol. The molecule has 1 aliphatic heterocycles. The number of hydrogen-bond donors (Lipinski definition) is 1. The number of halogens is 3. The largest absolute Gasteiger partial charge is 0.416 e. The molecule has 1 N–H and O–H groups in total. The summed E-state index contributed by atoms with van der Waals surface area (Å²) >= 11 is 0. The molecule has 0 aliphatic carbocycles. The molecule has 1 aliphatic rings. The number of hydrogen-bond acceptors (Lipinski definition) is 3. The first-order chi connectivity index (χ1) is 10.9. The molecule has 5 nitrogen and oxygen atoms in total. The van der Waals surface area contributed by atoms with Gasteiger partial charge in [0.1, 0.15) is 0 Å². The highest BCUT2D eigenvalue weighted by molar-refractivity contribution is 5.93. The van der Waals surface area contributed by atoms with Gasteiger partial charge in [0, 0.05) is 38.1 Å². The molecular formula is C15H15F3N4O. The van der Waals surface area contributed by atoms with Crippen LogP contribution in [-0.4, -0.2) is 47.2 Å². The lowest BCUT2D eigenvalue weighted by Crippen LogP contribution is -2.48. The fourth-order valence-corrected chi connectivity index (χ4v) is 2.58. The van der Waals surface area contributed by atoms with Gasteiger partial charge in [0.2, 0.25) is 0 Å². The van der Waals surface area contributed by atoms with Gasteiger partial charge in [0.05, 0.1) is 17.3 Å². The maximum Gasteiger partial charge on any atom is 0.416 e. The molecule has 0 unspecified atom stereocenters. The van der Waals surface area contributed by atoms with Crippen molar-refractivity contribution in [2.75, 3.05) is 31.1 Å². The first-order valence-electron chi connectivity index (χ1n) is 7.15. The predicted molar refractivity (Wildman–Crippen MR) is 78.1 cm³/mol. The Morgan fingerprint density at radius 1 is 1.09 bits per heavy atom. The molecule has 1 amide bonds. The Morgan fingerprint density at radius 3 is 2.26 bits per heavy atom. The number of amides is 1. The van der Waals surface area contributed by atoms with Gasteiger partial charge in [0.15, 0.2) is 0 Å². The standard InChI is InChI=1S/C15H15F3N4O/c16-15(17,18)12-1-3-13(4-2-12)21-5-7-22(8-6-21)14(23)11-9-19-20-10-11/h1-4,9-10H,5-8H2,(H,19,20). The molecule has 0 atom stereocenters. The molecule has 1 saturated heterocycles. The number of carbonyl (C=O) groups is 1. The van der Waals surface area contributed by atoms with E-state index in [-0.39, 0.29) is 5.91 Å². The van der Waals surface area contributed by atoms with Gasteiger partial charge >= 0.3 is 6.18 Å². The first kappa shape index (κ1) is 15.4. The van der Waals surface area contributed by atoms with E-state index in [1.165, 1.54) is 18.3 Å². The van der Waals surface area contributed by atoms with Crippen molar-refractivity contribution in [1.82, 2.24) is 15.1 Å². The van der Waals surface area contributed by atoms with E-state index in [2.05, 4.69) is 10.2 Å². The summed E-state index contributed by atoms with van der Waals surface area (Å²) in [5.74, 6) is -0.0918. The lowest BCUT2D eigenvalue weighted by Gasteiger charge is -2.36. The summed E-state index contributed by atoms with van der Waals surface area (Å²) in [6.45, 7) is 2.19. The molecule has 0 saturated carbocycles. The van der Waals surface area contributed by atoms with Gasteiger partial charge in [-0.15, -0.1) is 0 Å². The van der Waals surface area contributed by atoms with Gasteiger partial charge in [-0.2, -0.15) is 18.3 Å². The van der Waals surface area contributed by atoms with E-state index >= 15 is 0 Å². The third-order valence-corrected chi connectivity index (χ3v) is 3.87. The van der Waals surface area contributed by atoms with Gasteiger partial charge in [0.25, 0.3) is 5.91 Å². The summed E-state index contributed by atoms with van der Waals surface area (Å²) in [7, 11) is 0. The SMILES string of the molecule is O=C(c1cn[nH]c1)N1CCN(c2ccc(C(F)(F)F)cc2)CC1. The van der Waals surface area contributed by atoms with Crippen LogP contribution in [-0.2, 0) is 6.18 Å². The van der Waals surface area contributed by atoms with Crippen molar-refractivity contribution in [2.45, 2.75) is 6.18 Å². The number of nitrogens with one attached hydrogen (secondary N) is 1. The average Bonchev–Trinajstić information content (AvgIpc) is 3.08. The van der Waals surface area contributed by atoms with E-state index < -0.39 is 11.7 Å². The summed E-state index contributed by atoms with van der Waals surface area (Å²) < 4.78 is 37.7. The van der Waals surface area contributed by atoms with E-state index in [0.29, 0.717) is 31.7 Å². The van der Waals surface area contributed by atoms with Crippen molar-refractivity contribution >= 4 is 11.6 Å². The Hall–Kier alpha value is -2.51. The summed E-state index contributed by atoms with van der Waals surface area (Å²) in [6.07, 6.45) is -1.30. The molecule has 8 heteroatoms. The number of H-pyrrole nitrogens is 1.